The largest absolute Gasteiger partial charge is 0.419 e. The van der Waals surface area contributed by atoms with Crippen LogP contribution in [0.1, 0.15) is 37.8 Å². The summed E-state index contributed by atoms with van der Waals surface area (Å²) >= 11 is 0. The maximum atomic E-state index is 14.7. The fourth-order valence-electron chi connectivity index (χ4n) is 4.77. The number of piperidine rings is 1. The molecule has 4 heterocycles. The number of nitrogens with one attached hydrogen (secondary N) is 2. The zero-order valence-corrected chi connectivity index (χ0v) is 21.4. The van der Waals surface area contributed by atoms with Gasteiger partial charge in [0.15, 0.2) is 0 Å². The number of nitrogens with zero attached hydrogens (tertiary/aromatic N) is 5. The smallest absolute Gasteiger partial charge is 0.366 e. The summed E-state index contributed by atoms with van der Waals surface area (Å²) in [5, 5.41) is 5.88. The number of imidazole rings is 1. The van der Waals surface area contributed by atoms with E-state index in [9.17, 15) is 22.4 Å². The van der Waals surface area contributed by atoms with Gasteiger partial charge in [0.05, 0.1) is 41.3 Å². The molecule has 1 aromatic carbocycles. The maximum Gasteiger partial charge on any atom is 0.419 e. The highest BCUT2D eigenvalue weighted by molar-refractivity contribution is 5.95. The standard InChI is InChI=1S/C25H29F4N7O2/c1-13-5-19-18(7-17(13)33-21(37)8-20-24(2,3)38-20)34-23(35(19)4)36-11-15(26)6-16(12-36)32-22-30-9-14(10-31-22)25(27,28)29/h5,7,9-10,15-16,20H,6,8,11-12H2,1-4H3,(H,33,37)(H,30,31,32)/t15-,16-,20?/m1/s1. The summed E-state index contributed by atoms with van der Waals surface area (Å²) in [6.45, 7) is 6.24. The number of alkyl halides is 4. The number of carbonyl (C=O) groups is 1. The Balaban J connectivity index is 1.31. The molecule has 38 heavy (non-hydrogen) atoms. The fourth-order valence-corrected chi connectivity index (χ4v) is 4.77. The molecule has 3 atom stereocenters. The highest BCUT2D eigenvalue weighted by Crippen LogP contribution is 2.38. The van der Waals surface area contributed by atoms with E-state index in [0.29, 0.717) is 36.1 Å². The lowest BCUT2D eigenvalue weighted by Crippen LogP contribution is -2.48. The number of epoxide rings is 1. The summed E-state index contributed by atoms with van der Waals surface area (Å²) in [5.74, 6) is 0.395. The summed E-state index contributed by atoms with van der Waals surface area (Å²) < 4.78 is 60.5. The number of anilines is 3. The van der Waals surface area contributed by atoms with Crippen LogP contribution in [-0.2, 0) is 22.8 Å². The molecule has 13 heteroatoms. The molecule has 9 nitrogen and oxygen atoms in total. The summed E-state index contributed by atoms with van der Waals surface area (Å²) in [5.41, 5.74) is 1.73. The van der Waals surface area contributed by atoms with Gasteiger partial charge < -0.3 is 24.8 Å². The first kappa shape index (κ1) is 26.1. The van der Waals surface area contributed by atoms with Crippen molar-refractivity contribution in [3.05, 3.63) is 35.7 Å². The summed E-state index contributed by atoms with van der Waals surface area (Å²) in [4.78, 5) is 26.5. The summed E-state index contributed by atoms with van der Waals surface area (Å²) in [7, 11) is 1.83. The van der Waals surface area contributed by atoms with Crippen LogP contribution in [-0.4, -0.2) is 62.4 Å². The van der Waals surface area contributed by atoms with Gasteiger partial charge in [-0.05, 0) is 38.5 Å². The molecule has 2 saturated heterocycles. The van der Waals surface area contributed by atoms with E-state index in [-0.39, 0.29) is 42.9 Å². The van der Waals surface area contributed by atoms with E-state index in [2.05, 4.69) is 20.6 Å². The first-order valence-electron chi connectivity index (χ1n) is 12.3. The van der Waals surface area contributed by atoms with Crippen molar-refractivity contribution in [2.24, 2.45) is 7.05 Å². The average Bonchev–Trinajstić information content (AvgIpc) is 3.29. The second-order valence-electron chi connectivity index (χ2n) is 10.5. The van der Waals surface area contributed by atoms with Crippen LogP contribution in [0, 0.1) is 6.92 Å². The van der Waals surface area contributed by atoms with E-state index in [1.807, 2.05) is 38.5 Å². The Kier molecular flexibility index (Phi) is 6.44. The Labute approximate surface area is 216 Å². The van der Waals surface area contributed by atoms with Crippen LogP contribution in [0.5, 0.6) is 0 Å². The molecule has 204 valence electrons. The monoisotopic (exact) mass is 535 g/mol. The fraction of sp³-hybridized carbons (Fsp3) is 0.520. The lowest BCUT2D eigenvalue weighted by atomic mass is 10.0. The van der Waals surface area contributed by atoms with Crippen LogP contribution < -0.4 is 15.5 Å². The third-order valence-corrected chi connectivity index (χ3v) is 7.01. The molecule has 2 fully saturated rings. The van der Waals surface area contributed by atoms with E-state index >= 15 is 0 Å². The number of carbonyl (C=O) groups excluding carboxylic acids is 1. The number of benzene rings is 1. The zero-order valence-electron chi connectivity index (χ0n) is 21.4. The Hall–Kier alpha value is -3.48. The van der Waals surface area contributed by atoms with Crippen LogP contribution in [0.4, 0.5) is 35.1 Å². The average molecular weight is 536 g/mol. The van der Waals surface area contributed by atoms with Gasteiger partial charge in [-0.1, -0.05) is 0 Å². The van der Waals surface area contributed by atoms with Crippen LogP contribution in [0.3, 0.4) is 0 Å². The summed E-state index contributed by atoms with van der Waals surface area (Å²) in [6, 6.07) is 3.27. The van der Waals surface area contributed by atoms with Gasteiger partial charge in [0.1, 0.15) is 6.17 Å². The van der Waals surface area contributed by atoms with Crippen LogP contribution in [0.15, 0.2) is 24.5 Å². The molecule has 1 amide bonds. The minimum Gasteiger partial charge on any atom is -0.366 e. The molecule has 5 rings (SSSR count). The summed E-state index contributed by atoms with van der Waals surface area (Å²) in [6.07, 6.45) is -4.01. The van der Waals surface area contributed by atoms with Gasteiger partial charge in [-0.15, -0.1) is 0 Å². The molecular weight excluding hydrogens is 506 g/mol. The number of aryl methyl sites for hydroxylation is 2. The van der Waals surface area contributed by atoms with E-state index < -0.39 is 24.0 Å². The van der Waals surface area contributed by atoms with Gasteiger partial charge in [0, 0.05) is 44.1 Å². The van der Waals surface area contributed by atoms with Crippen molar-refractivity contribution in [2.75, 3.05) is 28.6 Å². The van der Waals surface area contributed by atoms with Crippen LogP contribution >= 0.6 is 0 Å². The predicted octanol–water partition coefficient (Wildman–Crippen LogP) is 4.23. The minimum absolute atomic E-state index is 0.00181. The molecule has 2 aromatic heterocycles. The van der Waals surface area contributed by atoms with E-state index in [1.165, 1.54) is 0 Å². The van der Waals surface area contributed by atoms with Crippen molar-refractivity contribution in [2.45, 2.75) is 63.7 Å². The van der Waals surface area contributed by atoms with Crippen LogP contribution in [0.2, 0.25) is 0 Å². The molecule has 1 unspecified atom stereocenters. The molecule has 2 aliphatic heterocycles. The molecule has 2 N–H and O–H groups in total. The SMILES string of the molecule is Cc1cc2c(cc1NC(=O)CC1OC1(C)C)nc(N1C[C@H](F)C[C@@H](Nc3ncc(C(F)(F)F)cn3)C1)n2C. The van der Waals surface area contributed by atoms with Crippen LogP contribution in [0.25, 0.3) is 11.0 Å². The highest BCUT2D eigenvalue weighted by atomic mass is 19.4. The number of rotatable bonds is 6. The maximum absolute atomic E-state index is 14.7. The number of aromatic nitrogens is 4. The van der Waals surface area contributed by atoms with Crippen molar-refractivity contribution in [1.82, 2.24) is 19.5 Å². The minimum atomic E-state index is -4.53. The lowest BCUT2D eigenvalue weighted by molar-refractivity contribution is -0.138. The molecular formula is C25H29F4N7O2. The molecule has 3 aromatic rings. The predicted molar refractivity (Wildman–Crippen MR) is 134 cm³/mol. The van der Waals surface area contributed by atoms with Crippen molar-refractivity contribution < 1.29 is 27.1 Å². The Morgan fingerprint density at radius 1 is 1.21 bits per heavy atom. The first-order valence-corrected chi connectivity index (χ1v) is 12.3. The third-order valence-electron chi connectivity index (χ3n) is 7.01. The van der Waals surface area contributed by atoms with E-state index in [4.69, 9.17) is 9.72 Å². The van der Waals surface area contributed by atoms with Crippen molar-refractivity contribution in [1.29, 1.82) is 0 Å². The molecule has 0 saturated carbocycles. The topological polar surface area (TPSA) is 100 Å². The first-order chi connectivity index (χ1) is 17.8. The van der Waals surface area contributed by atoms with Gasteiger partial charge in [0.25, 0.3) is 0 Å². The molecule has 0 aliphatic carbocycles. The van der Waals surface area contributed by atoms with Crippen molar-refractivity contribution in [3.63, 3.8) is 0 Å². The highest BCUT2D eigenvalue weighted by Gasteiger charge is 2.48. The molecule has 0 radical (unpaired) electrons. The second kappa shape index (κ2) is 9.37. The van der Waals surface area contributed by atoms with Gasteiger partial charge in [-0.3, -0.25) is 4.79 Å². The number of fused-ring (bicyclic) bond motifs is 1. The Bertz CT molecular complexity index is 1360. The number of hydrogen-bond acceptors (Lipinski definition) is 7. The van der Waals surface area contributed by atoms with Gasteiger partial charge >= 0.3 is 6.18 Å². The number of ether oxygens (including phenoxy) is 1. The van der Waals surface area contributed by atoms with Gasteiger partial charge in [-0.2, -0.15) is 13.2 Å². The molecule has 0 spiro atoms. The van der Waals surface area contributed by atoms with Crippen molar-refractivity contribution in [3.8, 4) is 0 Å². The Morgan fingerprint density at radius 3 is 2.53 bits per heavy atom. The normalized spacial score (nSPS) is 22.9. The zero-order chi connectivity index (χ0) is 27.4. The van der Waals surface area contributed by atoms with Gasteiger partial charge in [0.2, 0.25) is 17.8 Å². The van der Waals surface area contributed by atoms with E-state index in [0.717, 1.165) is 11.1 Å². The lowest BCUT2D eigenvalue weighted by Gasteiger charge is -2.35. The van der Waals surface area contributed by atoms with Crippen molar-refractivity contribution >= 4 is 34.5 Å². The molecule has 2 aliphatic rings. The Morgan fingerprint density at radius 2 is 1.89 bits per heavy atom. The number of amides is 1. The number of hydrogen-bond donors (Lipinski definition) is 2. The van der Waals surface area contributed by atoms with Gasteiger partial charge in [-0.25, -0.2) is 19.3 Å². The number of halogens is 4. The van der Waals surface area contributed by atoms with E-state index in [1.54, 1.807) is 11.0 Å². The quantitative estimate of drug-likeness (QED) is 0.360. The second-order valence-corrected chi connectivity index (χ2v) is 10.5. The third kappa shape index (κ3) is 5.38. The molecule has 0 bridgehead atoms.